The van der Waals surface area contributed by atoms with Gasteiger partial charge >= 0.3 is 6.03 Å². The lowest BCUT2D eigenvalue weighted by Crippen LogP contribution is -2.30. The molecule has 0 radical (unpaired) electrons. The lowest BCUT2D eigenvalue weighted by atomic mass is 10.1. The number of urea groups is 1. The Morgan fingerprint density at radius 1 is 1.23 bits per heavy atom. The van der Waals surface area contributed by atoms with Gasteiger partial charge in [0, 0.05) is 24.4 Å². The van der Waals surface area contributed by atoms with Crippen molar-refractivity contribution in [2.24, 2.45) is 0 Å². The summed E-state index contributed by atoms with van der Waals surface area (Å²) in [5, 5.41) is 6.79. The van der Waals surface area contributed by atoms with E-state index in [9.17, 15) is 4.79 Å². The van der Waals surface area contributed by atoms with Crippen LogP contribution in [0, 0.1) is 6.92 Å². The first-order valence-electron chi connectivity index (χ1n) is 8.11. The SMILES string of the molecule is COc1cccc(NC(=O)N(C)Cc2nc(-c3cccc(C)c3)no2)c1. The third-order valence-corrected chi connectivity index (χ3v) is 3.78. The minimum Gasteiger partial charge on any atom is -0.497 e. The van der Waals surface area contributed by atoms with Gasteiger partial charge in [0.1, 0.15) is 12.3 Å². The molecule has 0 aliphatic rings. The first kappa shape index (κ1) is 17.5. The number of carbonyl (C=O) groups is 1. The van der Waals surface area contributed by atoms with Crippen molar-refractivity contribution in [3.05, 3.63) is 60.0 Å². The van der Waals surface area contributed by atoms with Gasteiger partial charge in [-0.25, -0.2) is 4.79 Å². The number of aryl methyl sites for hydroxylation is 1. The van der Waals surface area contributed by atoms with Crippen LogP contribution >= 0.6 is 0 Å². The molecule has 7 heteroatoms. The molecule has 0 unspecified atom stereocenters. The van der Waals surface area contributed by atoms with Crippen LogP contribution in [-0.4, -0.2) is 35.2 Å². The molecular weight excluding hydrogens is 332 g/mol. The largest absolute Gasteiger partial charge is 0.497 e. The molecule has 0 bridgehead atoms. The predicted octanol–water partition coefficient (Wildman–Crippen LogP) is 3.72. The zero-order valence-corrected chi connectivity index (χ0v) is 14.9. The van der Waals surface area contributed by atoms with Crippen molar-refractivity contribution in [3.63, 3.8) is 0 Å². The highest BCUT2D eigenvalue weighted by Crippen LogP contribution is 2.19. The number of nitrogens with one attached hydrogen (secondary N) is 1. The van der Waals surface area contributed by atoms with Crippen LogP contribution < -0.4 is 10.1 Å². The summed E-state index contributed by atoms with van der Waals surface area (Å²) in [5.41, 5.74) is 2.64. The molecule has 0 atom stereocenters. The predicted molar refractivity (Wildman–Crippen MR) is 98.0 cm³/mol. The van der Waals surface area contributed by atoms with E-state index in [0.29, 0.717) is 23.2 Å². The van der Waals surface area contributed by atoms with Crippen LogP contribution in [0.15, 0.2) is 53.1 Å². The van der Waals surface area contributed by atoms with Crippen molar-refractivity contribution in [2.75, 3.05) is 19.5 Å². The van der Waals surface area contributed by atoms with Gasteiger partial charge in [-0.2, -0.15) is 4.98 Å². The summed E-state index contributed by atoms with van der Waals surface area (Å²) >= 11 is 0. The Balaban J connectivity index is 1.64. The topological polar surface area (TPSA) is 80.5 Å². The van der Waals surface area contributed by atoms with Crippen LogP contribution in [-0.2, 0) is 6.54 Å². The molecule has 1 aromatic heterocycles. The lowest BCUT2D eigenvalue weighted by Gasteiger charge is -2.16. The van der Waals surface area contributed by atoms with Gasteiger partial charge in [0.2, 0.25) is 11.7 Å². The minimum absolute atomic E-state index is 0.203. The molecule has 0 fully saturated rings. The molecule has 0 saturated carbocycles. The van der Waals surface area contributed by atoms with E-state index < -0.39 is 0 Å². The molecule has 26 heavy (non-hydrogen) atoms. The number of benzene rings is 2. The second-order valence-electron chi connectivity index (χ2n) is 5.90. The zero-order chi connectivity index (χ0) is 18.5. The highest BCUT2D eigenvalue weighted by molar-refractivity contribution is 5.89. The number of nitrogens with zero attached hydrogens (tertiary/aromatic N) is 3. The van der Waals surface area contributed by atoms with Crippen LogP contribution in [0.2, 0.25) is 0 Å². The van der Waals surface area contributed by atoms with Crippen molar-refractivity contribution in [1.82, 2.24) is 15.0 Å². The summed E-state index contributed by atoms with van der Waals surface area (Å²) in [5.74, 6) is 1.54. The van der Waals surface area contributed by atoms with Gasteiger partial charge in [0.25, 0.3) is 0 Å². The average Bonchev–Trinajstić information content (AvgIpc) is 3.10. The number of methoxy groups -OCH3 is 1. The maximum Gasteiger partial charge on any atom is 0.322 e. The van der Waals surface area contributed by atoms with Gasteiger partial charge in [0.05, 0.1) is 7.11 Å². The molecule has 1 N–H and O–H groups in total. The Labute approximate surface area is 151 Å². The van der Waals surface area contributed by atoms with Gasteiger partial charge in [-0.05, 0) is 25.1 Å². The van der Waals surface area contributed by atoms with Gasteiger partial charge in [0.15, 0.2) is 0 Å². The van der Waals surface area contributed by atoms with E-state index >= 15 is 0 Å². The number of carbonyl (C=O) groups excluding carboxylic acids is 1. The van der Waals surface area contributed by atoms with E-state index in [-0.39, 0.29) is 12.6 Å². The number of anilines is 1. The van der Waals surface area contributed by atoms with Crippen molar-refractivity contribution < 1.29 is 14.1 Å². The number of hydrogen-bond acceptors (Lipinski definition) is 5. The molecule has 3 rings (SSSR count). The quantitative estimate of drug-likeness (QED) is 0.757. The molecule has 0 aliphatic carbocycles. The fourth-order valence-electron chi connectivity index (χ4n) is 2.41. The molecular formula is C19H20N4O3. The molecule has 134 valence electrons. The Morgan fingerprint density at radius 2 is 2.04 bits per heavy atom. The van der Waals surface area contributed by atoms with E-state index in [1.54, 1.807) is 32.4 Å². The van der Waals surface area contributed by atoms with E-state index in [0.717, 1.165) is 11.1 Å². The zero-order valence-electron chi connectivity index (χ0n) is 14.9. The summed E-state index contributed by atoms with van der Waals surface area (Å²) in [4.78, 5) is 18.1. The maximum absolute atomic E-state index is 12.3. The lowest BCUT2D eigenvalue weighted by molar-refractivity contribution is 0.213. The second kappa shape index (κ2) is 7.69. The monoisotopic (exact) mass is 352 g/mol. The first-order chi connectivity index (χ1) is 12.5. The Morgan fingerprint density at radius 3 is 2.81 bits per heavy atom. The van der Waals surface area contributed by atoms with Crippen molar-refractivity contribution >= 4 is 11.7 Å². The van der Waals surface area contributed by atoms with Crippen molar-refractivity contribution in [3.8, 4) is 17.1 Å². The van der Waals surface area contributed by atoms with E-state index in [1.165, 1.54) is 4.90 Å². The van der Waals surface area contributed by atoms with E-state index in [1.807, 2.05) is 37.3 Å². The van der Waals surface area contributed by atoms with Crippen LogP contribution in [0.3, 0.4) is 0 Å². The van der Waals surface area contributed by atoms with E-state index in [4.69, 9.17) is 9.26 Å². The smallest absolute Gasteiger partial charge is 0.322 e. The highest BCUT2D eigenvalue weighted by atomic mass is 16.5. The molecule has 2 amide bonds. The third-order valence-electron chi connectivity index (χ3n) is 3.78. The van der Waals surface area contributed by atoms with Gasteiger partial charge in [-0.15, -0.1) is 0 Å². The highest BCUT2D eigenvalue weighted by Gasteiger charge is 2.15. The fraction of sp³-hybridized carbons (Fsp3) is 0.211. The Kier molecular flexibility index (Phi) is 5.17. The molecule has 2 aromatic carbocycles. The summed E-state index contributed by atoms with van der Waals surface area (Å²) in [6.45, 7) is 2.20. The number of aromatic nitrogens is 2. The molecule has 0 spiro atoms. The summed E-state index contributed by atoms with van der Waals surface area (Å²) < 4.78 is 10.4. The number of hydrogen-bond donors (Lipinski definition) is 1. The van der Waals surface area contributed by atoms with Crippen LogP contribution in [0.5, 0.6) is 5.75 Å². The number of rotatable bonds is 5. The summed E-state index contributed by atoms with van der Waals surface area (Å²) in [6.07, 6.45) is 0. The van der Waals surface area contributed by atoms with Crippen LogP contribution in [0.25, 0.3) is 11.4 Å². The van der Waals surface area contributed by atoms with Crippen molar-refractivity contribution in [2.45, 2.75) is 13.5 Å². The van der Waals surface area contributed by atoms with Crippen LogP contribution in [0.1, 0.15) is 11.5 Å². The normalized spacial score (nSPS) is 10.4. The summed E-state index contributed by atoms with van der Waals surface area (Å²) in [7, 11) is 3.24. The molecule has 0 aliphatic heterocycles. The number of amides is 2. The van der Waals surface area contributed by atoms with Gasteiger partial charge < -0.3 is 19.5 Å². The molecule has 1 heterocycles. The van der Waals surface area contributed by atoms with Gasteiger partial charge in [-0.3, -0.25) is 0 Å². The second-order valence-corrected chi connectivity index (χ2v) is 5.90. The standard InChI is InChI=1S/C19H20N4O3/c1-13-6-4-7-14(10-13)18-21-17(26-22-18)12-23(2)19(24)20-15-8-5-9-16(11-15)25-3/h4-11H,12H2,1-3H3,(H,20,24). The summed E-state index contributed by atoms with van der Waals surface area (Å²) in [6, 6.07) is 14.7. The van der Waals surface area contributed by atoms with Crippen molar-refractivity contribution in [1.29, 1.82) is 0 Å². The fourth-order valence-corrected chi connectivity index (χ4v) is 2.41. The third kappa shape index (κ3) is 4.18. The van der Waals surface area contributed by atoms with Crippen LogP contribution in [0.4, 0.5) is 10.5 Å². The molecule has 7 nitrogen and oxygen atoms in total. The first-order valence-corrected chi connectivity index (χ1v) is 8.11. The molecule has 3 aromatic rings. The molecule has 0 saturated heterocycles. The minimum atomic E-state index is -0.284. The average molecular weight is 352 g/mol. The Bertz CT molecular complexity index is 907. The number of ether oxygens (including phenoxy) is 1. The van der Waals surface area contributed by atoms with E-state index in [2.05, 4.69) is 15.5 Å². The van der Waals surface area contributed by atoms with Gasteiger partial charge in [-0.1, -0.05) is 35.0 Å². The Hall–Kier alpha value is -3.35. The maximum atomic E-state index is 12.3.